The summed E-state index contributed by atoms with van der Waals surface area (Å²) >= 11 is 0. The number of hydrogen-bond acceptors (Lipinski definition) is 4. The molecule has 2 unspecified atom stereocenters. The molecule has 1 aromatic carbocycles. The average molecular weight is 221 g/mol. The Morgan fingerprint density at radius 3 is 2.62 bits per heavy atom. The third-order valence-corrected chi connectivity index (χ3v) is 2.64. The van der Waals surface area contributed by atoms with E-state index in [2.05, 4.69) is 0 Å². The Kier molecular flexibility index (Phi) is 4.44. The van der Waals surface area contributed by atoms with Crippen molar-refractivity contribution in [1.29, 1.82) is 5.26 Å². The van der Waals surface area contributed by atoms with Crippen molar-refractivity contribution < 1.29 is 15.3 Å². The number of rotatable bonds is 4. The Hall–Kier alpha value is -1.41. The van der Waals surface area contributed by atoms with Gasteiger partial charge in [-0.1, -0.05) is 18.2 Å². The first-order chi connectivity index (χ1) is 7.61. The second-order valence-corrected chi connectivity index (χ2v) is 3.66. The van der Waals surface area contributed by atoms with Crippen LogP contribution in [0.3, 0.4) is 0 Å². The molecule has 2 atom stereocenters. The minimum atomic E-state index is -1.10. The van der Waals surface area contributed by atoms with E-state index in [0.29, 0.717) is 11.1 Å². The number of benzene rings is 1. The zero-order chi connectivity index (χ0) is 12.1. The van der Waals surface area contributed by atoms with Gasteiger partial charge in [-0.05, 0) is 23.6 Å². The van der Waals surface area contributed by atoms with E-state index in [9.17, 15) is 10.2 Å². The SMILES string of the molecule is Cc1c(CO)cccc1C(O)C(O)CC#N. The standard InChI is InChI=1S/C12H15NO3/c1-8-9(7-14)3-2-4-10(8)12(16)11(15)5-6-13/h2-4,11-12,14-16H,5,7H2,1H3. The highest BCUT2D eigenvalue weighted by molar-refractivity contribution is 5.35. The van der Waals surface area contributed by atoms with Crippen LogP contribution in [0, 0.1) is 18.3 Å². The molecular weight excluding hydrogens is 206 g/mol. The number of nitrogens with zero attached hydrogens (tertiary/aromatic N) is 1. The predicted molar refractivity (Wildman–Crippen MR) is 58.3 cm³/mol. The molecule has 3 N–H and O–H groups in total. The van der Waals surface area contributed by atoms with Gasteiger partial charge in [0.05, 0.1) is 25.2 Å². The van der Waals surface area contributed by atoms with E-state index >= 15 is 0 Å². The van der Waals surface area contributed by atoms with Crippen LogP contribution in [0.25, 0.3) is 0 Å². The molecule has 1 rings (SSSR count). The third-order valence-electron chi connectivity index (χ3n) is 2.64. The van der Waals surface area contributed by atoms with E-state index in [0.717, 1.165) is 5.56 Å². The van der Waals surface area contributed by atoms with Gasteiger partial charge in [0.25, 0.3) is 0 Å². The molecule has 4 heteroatoms. The van der Waals surface area contributed by atoms with Gasteiger partial charge in [-0.2, -0.15) is 5.26 Å². The maximum absolute atomic E-state index is 9.84. The van der Waals surface area contributed by atoms with Gasteiger partial charge in [0.15, 0.2) is 0 Å². The molecule has 0 aliphatic rings. The van der Waals surface area contributed by atoms with Crippen molar-refractivity contribution in [3.63, 3.8) is 0 Å². The van der Waals surface area contributed by atoms with Crippen LogP contribution in [0.5, 0.6) is 0 Å². The summed E-state index contributed by atoms with van der Waals surface area (Å²) in [5, 5.41) is 36.9. The molecule has 0 bridgehead atoms. The first-order valence-corrected chi connectivity index (χ1v) is 5.04. The minimum absolute atomic E-state index is 0.110. The van der Waals surface area contributed by atoms with Crippen LogP contribution in [0.4, 0.5) is 0 Å². The van der Waals surface area contributed by atoms with Gasteiger partial charge in [0.2, 0.25) is 0 Å². The van der Waals surface area contributed by atoms with Crippen molar-refractivity contribution in [2.75, 3.05) is 0 Å². The van der Waals surface area contributed by atoms with Crippen LogP contribution in [-0.2, 0) is 6.61 Å². The summed E-state index contributed by atoms with van der Waals surface area (Å²) in [4.78, 5) is 0. The first kappa shape index (κ1) is 12.7. The van der Waals surface area contributed by atoms with Gasteiger partial charge in [-0.3, -0.25) is 0 Å². The number of aliphatic hydroxyl groups is 3. The molecule has 0 fully saturated rings. The first-order valence-electron chi connectivity index (χ1n) is 5.04. The van der Waals surface area contributed by atoms with Gasteiger partial charge in [0, 0.05) is 0 Å². The maximum Gasteiger partial charge on any atom is 0.106 e. The Morgan fingerprint density at radius 1 is 1.38 bits per heavy atom. The van der Waals surface area contributed by atoms with Crippen molar-refractivity contribution in [1.82, 2.24) is 0 Å². The molecule has 0 aliphatic heterocycles. The average Bonchev–Trinajstić information content (AvgIpc) is 2.29. The number of aliphatic hydroxyl groups excluding tert-OH is 3. The lowest BCUT2D eigenvalue weighted by molar-refractivity contribution is 0.0211. The molecule has 16 heavy (non-hydrogen) atoms. The Labute approximate surface area is 94.4 Å². The third kappa shape index (κ3) is 2.58. The fraction of sp³-hybridized carbons (Fsp3) is 0.417. The highest BCUT2D eigenvalue weighted by atomic mass is 16.3. The normalized spacial score (nSPS) is 14.2. The molecule has 0 saturated carbocycles. The molecule has 4 nitrogen and oxygen atoms in total. The zero-order valence-corrected chi connectivity index (χ0v) is 9.09. The molecule has 0 saturated heterocycles. The van der Waals surface area contributed by atoms with Crippen LogP contribution >= 0.6 is 0 Å². The van der Waals surface area contributed by atoms with Gasteiger partial charge < -0.3 is 15.3 Å². The van der Waals surface area contributed by atoms with Crippen LogP contribution in [0.15, 0.2) is 18.2 Å². The Balaban J connectivity index is 3.00. The lowest BCUT2D eigenvalue weighted by Crippen LogP contribution is -2.18. The topological polar surface area (TPSA) is 84.5 Å². The van der Waals surface area contributed by atoms with Crippen LogP contribution in [0.2, 0.25) is 0 Å². The van der Waals surface area contributed by atoms with Crippen molar-refractivity contribution in [2.45, 2.75) is 32.2 Å². The molecule has 0 heterocycles. The van der Waals surface area contributed by atoms with E-state index in [1.165, 1.54) is 0 Å². The van der Waals surface area contributed by atoms with Crippen LogP contribution in [0.1, 0.15) is 29.2 Å². The summed E-state index contributed by atoms with van der Waals surface area (Å²) in [6, 6.07) is 6.94. The molecule has 0 spiro atoms. The summed E-state index contributed by atoms with van der Waals surface area (Å²) in [6.45, 7) is 1.66. The predicted octanol–water partition coefficient (Wildman–Crippen LogP) is 0.795. The monoisotopic (exact) mass is 221 g/mol. The molecule has 0 aliphatic carbocycles. The van der Waals surface area contributed by atoms with E-state index in [-0.39, 0.29) is 13.0 Å². The Bertz CT molecular complexity index is 398. The summed E-state index contributed by atoms with van der Waals surface area (Å²) in [5.41, 5.74) is 2.00. The molecule has 1 aromatic rings. The largest absolute Gasteiger partial charge is 0.392 e. The molecule has 0 aromatic heterocycles. The van der Waals surface area contributed by atoms with Gasteiger partial charge >= 0.3 is 0 Å². The van der Waals surface area contributed by atoms with Crippen molar-refractivity contribution in [3.05, 3.63) is 34.9 Å². The van der Waals surface area contributed by atoms with Crippen molar-refractivity contribution in [3.8, 4) is 6.07 Å². The fourth-order valence-electron chi connectivity index (χ4n) is 1.61. The summed E-state index contributed by atoms with van der Waals surface area (Å²) in [5.74, 6) is 0. The molecule has 0 amide bonds. The van der Waals surface area contributed by atoms with Crippen LogP contribution in [-0.4, -0.2) is 21.4 Å². The number of hydrogen-bond donors (Lipinski definition) is 3. The summed E-state index contributed by atoms with van der Waals surface area (Å²) < 4.78 is 0. The summed E-state index contributed by atoms with van der Waals surface area (Å²) in [6.07, 6.45) is -2.31. The highest BCUT2D eigenvalue weighted by Crippen LogP contribution is 2.24. The van der Waals surface area contributed by atoms with E-state index in [4.69, 9.17) is 10.4 Å². The van der Waals surface area contributed by atoms with E-state index in [1.54, 1.807) is 31.2 Å². The minimum Gasteiger partial charge on any atom is -0.392 e. The van der Waals surface area contributed by atoms with E-state index < -0.39 is 12.2 Å². The lowest BCUT2D eigenvalue weighted by atomic mass is 9.95. The zero-order valence-electron chi connectivity index (χ0n) is 9.09. The maximum atomic E-state index is 9.84. The molecule has 0 radical (unpaired) electrons. The second-order valence-electron chi connectivity index (χ2n) is 3.66. The molecule has 86 valence electrons. The van der Waals surface area contributed by atoms with Crippen LogP contribution < -0.4 is 0 Å². The smallest absolute Gasteiger partial charge is 0.106 e. The van der Waals surface area contributed by atoms with Gasteiger partial charge in [-0.15, -0.1) is 0 Å². The fourth-order valence-corrected chi connectivity index (χ4v) is 1.61. The molecular formula is C12H15NO3. The Morgan fingerprint density at radius 2 is 2.06 bits per heavy atom. The van der Waals surface area contributed by atoms with E-state index in [1.807, 2.05) is 0 Å². The lowest BCUT2D eigenvalue weighted by Gasteiger charge is -2.19. The van der Waals surface area contributed by atoms with Crippen molar-refractivity contribution >= 4 is 0 Å². The van der Waals surface area contributed by atoms with Gasteiger partial charge in [0.1, 0.15) is 6.10 Å². The second kappa shape index (κ2) is 5.61. The number of nitriles is 1. The quantitative estimate of drug-likeness (QED) is 0.702. The van der Waals surface area contributed by atoms with Gasteiger partial charge in [-0.25, -0.2) is 0 Å². The summed E-state index contributed by atoms with van der Waals surface area (Å²) in [7, 11) is 0. The van der Waals surface area contributed by atoms with Crippen molar-refractivity contribution in [2.24, 2.45) is 0 Å². The highest BCUT2D eigenvalue weighted by Gasteiger charge is 2.20.